The van der Waals surface area contributed by atoms with E-state index in [2.05, 4.69) is 4.98 Å². The number of hydrogen-bond acceptors (Lipinski definition) is 3. The van der Waals surface area contributed by atoms with Crippen molar-refractivity contribution >= 4 is 34.2 Å². The summed E-state index contributed by atoms with van der Waals surface area (Å²) in [6.45, 7) is 1.14. The van der Waals surface area contributed by atoms with Crippen LogP contribution < -0.4 is 10.3 Å². The molecule has 0 saturated heterocycles. The lowest BCUT2D eigenvalue weighted by atomic mass is 10.0. The van der Waals surface area contributed by atoms with Gasteiger partial charge in [-0.1, -0.05) is 29.8 Å². The molecule has 0 aliphatic carbocycles. The molecule has 3 rings (SSSR count). The smallest absolute Gasteiger partial charge is 0.268 e. The van der Waals surface area contributed by atoms with Gasteiger partial charge in [0.05, 0.1) is 12.9 Å². The number of halogens is 2. The lowest BCUT2D eigenvalue weighted by Crippen LogP contribution is -2.26. The van der Waals surface area contributed by atoms with Gasteiger partial charge < -0.3 is 4.74 Å². The molecule has 1 aliphatic rings. The number of aromatic nitrogens is 2. The summed E-state index contributed by atoms with van der Waals surface area (Å²) in [4.78, 5) is 16.1. The van der Waals surface area contributed by atoms with Gasteiger partial charge in [0.1, 0.15) is 14.5 Å². The highest BCUT2D eigenvalue weighted by atomic mass is 127. The van der Waals surface area contributed by atoms with Crippen LogP contribution in [0.25, 0.3) is 0 Å². The minimum absolute atomic E-state index is 0.106. The van der Waals surface area contributed by atoms with Crippen LogP contribution >= 0.6 is 34.2 Å². The number of benzene rings is 1. The highest BCUT2D eigenvalue weighted by molar-refractivity contribution is 14.1. The number of rotatable bonds is 2. The van der Waals surface area contributed by atoms with E-state index in [9.17, 15) is 4.79 Å². The third kappa shape index (κ3) is 2.36. The number of nitrogens with zero attached hydrogens (tertiary/aromatic N) is 2. The second-order valence-corrected chi connectivity index (χ2v) is 5.79. The van der Waals surface area contributed by atoms with Crippen molar-refractivity contribution in [3.05, 3.63) is 55.2 Å². The average molecular weight is 389 g/mol. The molecule has 2 aromatic rings. The molecule has 6 heteroatoms. The van der Waals surface area contributed by atoms with Gasteiger partial charge in [-0.05, 0) is 28.7 Å². The van der Waals surface area contributed by atoms with Gasteiger partial charge in [-0.25, -0.2) is 4.98 Å². The van der Waals surface area contributed by atoms with Crippen LogP contribution in [-0.2, 0) is 6.54 Å². The van der Waals surface area contributed by atoms with E-state index >= 15 is 0 Å². The van der Waals surface area contributed by atoms with Gasteiger partial charge in [0.15, 0.2) is 0 Å². The van der Waals surface area contributed by atoms with Crippen molar-refractivity contribution in [2.45, 2.75) is 12.5 Å². The number of ether oxygens (including phenoxy) is 1. The minimum atomic E-state index is -0.106. The van der Waals surface area contributed by atoms with Crippen molar-refractivity contribution in [1.82, 2.24) is 9.55 Å². The van der Waals surface area contributed by atoms with Gasteiger partial charge >= 0.3 is 0 Å². The number of hydrogen-bond donors (Lipinski definition) is 0. The Kier molecular flexibility index (Phi) is 3.49. The van der Waals surface area contributed by atoms with Crippen molar-refractivity contribution in [3.63, 3.8) is 0 Å². The maximum atomic E-state index is 12.1. The van der Waals surface area contributed by atoms with E-state index in [1.165, 1.54) is 6.33 Å². The highest BCUT2D eigenvalue weighted by Crippen LogP contribution is 2.34. The van der Waals surface area contributed by atoms with Gasteiger partial charge in [-0.3, -0.25) is 9.36 Å². The fourth-order valence-corrected chi connectivity index (χ4v) is 2.77. The largest absolute Gasteiger partial charge is 0.493 e. The molecule has 1 aromatic carbocycles. The maximum absolute atomic E-state index is 12.1. The molecule has 98 valence electrons. The summed E-state index contributed by atoms with van der Waals surface area (Å²) in [5.74, 6) is 1.07. The zero-order valence-corrected chi connectivity index (χ0v) is 12.8. The molecule has 2 heterocycles. The van der Waals surface area contributed by atoms with E-state index in [1.54, 1.807) is 4.57 Å². The van der Waals surface area contributed by atoms with Gasteiger partial charge in [-0.15, -0.1) is 0 Å². The lowest BCUT2D eigenvalue weighted by molar-refractivity contribution is 0.317. The highest BCUT2D eigenvalue weighted by Gasteiger charge is 2.24. The Bertz CT molecular complexity index is 687. The maximum Gasteiger partial charge on any atom is 0.268 e. The van der Waals surface area contributed by atoms with E-state index in [0.29, 0.717) is 16.7 Å². The third-order valence-corrected chi connectivity index (χ3v) is 4.73. The Balaban J connectivity index is 1.92. The molecular weight excluding hydrogens is 379 g/mol. The Labute approximate surface area is 128 Å². The van der Waals surface area contributed by atoms with Crippen LogP contribution in [0.3, 0.4) is 0 Å². The zero-order valence-electron chi connectivity index (χ0n) is 9.85. The molecule has 1 aliphatic heterocycles. The van der Waals surface area contributed by atoms with Crippen molar-refractivity contribution in [2.24, 2.45) is 0 Å². The second kappa shape index (κ2) is 5.13. The van der Waals surface area contributed by atoms with E-state index in [-0.39, 0.29) is 16.6 Å². The predicted octanol–water partition coefficient (Wildman–Crippen LogP) is 2.68. The van der Waals surface area contributed by atoms with Gasteiger partial charge in [-0.2, -0.15) is 0 Å². The third-order valence-electron chi connectivity index (χ3n) is 3.16. The molecule has 0 fully saturated rings. The Morgan fingerprint density at radius 2 is 2.26 bits per heavy atom. The average Bonchev–Trinajstić information content (AvgIpc) is 2.83. The van der Waals surface area contributed by atoms with Crippen molar-refractivity contribution in [3.8, 4) is 5.75 Å². The summed E-state index contributed by atoms with van der Waals surface area (Å²) in [6.07, 6.45) is 1.49. The summed E-state index contributed by atoms with van der Waals surface area (Å²) >= 11 is 7.75. The van der Waals surface area contributed by atoms with Crippen LogP contribution in [0.15, 0.2) is 35.4 Å². The first-order valence-corrected chi connectivity index (χ1v) is 7.24. The quantitative estimate of drug-likeness (QED) is 0.587. The van der Waals surface area contributed by atoms with Gasteiger partial charge in [0, 0.05) is 18.0 Å². The van der Waals surface area contributed by atoms with Crippen molar-refractivity contribution in [1.29, 1.82) is 0 Å². The first kappa shape index (κ1) is 12.9. The SMILES string of the molecule is O=c1c(I)c(Cl)ncn1CC1COc2ccccc21. The molecule has 1 unspecified atom stereocenters. The molecule has 0 spiro atoms. The second-order valence-electron chi connectivity index (χ2n) is 4.35. The normalized spacial score (nSPS) is 17.1. The summed E-state index contributed by atoms with van der Waals surface area (Å²) in [6, 6.07) is 7.90. The van der Waals surface area contributed by atoms with Crippen molar-refractivity contribution in [2.75, 3.05) is 6.61 Å². The molecule has 0 saturated carbocycles. The van der Waals surface area contributed by atoms with Crippen LogP contribution in [0, 0.1) is 3.57 Å². The Morgan fingerprint density at radius 1 is 1.47 bits per heavy atom. The molecule has 19 heavy (non-hydrogen) atoms. The molecule has 1 aromatic heterocycles. The minimum Gasteiger partial charge on any atom is -0.493 e. The molecule has 0 radical (unpaired) electrons. The fraction of sp³-hybridized carbons (Fsp3) is 0.231. The summed E-state index contributed by atoms with van der Waals surface area (Å²) in [5.41, 5.74) is 1.03. The fourth-order valence-electron chi connectivity index (χ4n) is 2.19. The summed E-state index contributed by atoms with van der Waals surface area (Å²) < 4.78 is 7.65. The van der Waals surface area contributed by atoms with E-state index in [1.807, 2.05) is 46.9 Å². The Hall–Kier alpha value is -1.08. The summed E-state index contributed by atoms with van der Waals surface area (Å²) in [7, 11) is 0. The first-order valence-electron chi connectivity index (χ1n) is 5.79. The Morgan fingerprint density at radius 3 is 3.11 bits per heavy atom. The van der Waals surface area contributed by atoms with Crippen LogP contribution in [0.4, 0.5) is 0 Å². The van der Waals surface area contributed by atoms with E-state index < -0.39 is 0 Å². The van der Waals surface area contributed by atoms with E-state index in [0.717, 1.165) is 11.3 Å². The van der Waals surface area contributed by atoms with Crippen LogP contribution in [0.1, 0.15) is 11.5 Å². The predicted molar refractivity (Wildman–Crippen MR) is 80.9 cm³/mol. The topological polar surface area (TPSA) is 44.1 Å². The first-order chi connectivity index (χ1) is 9.16. The lowest BCUT2D eigenvalue weighted by Gasteiger charge is -2.11. The molecular formula is C13H10ClIN2O2. The van der Waals surface area contributed by atoms with Crippen molar-refractivity contribution < 1.29 is 4.74 Å². The molecule has 4 nitrogen and oxygen atoms in total. The van der Waals surface area contributed by atoms with E-state index in [4.69, 9.17) is 16.3 Å². The molecule has 1 atom stereocenters. The molecule has 0 amide bonds. The van der Waals surface area contributed by atoms with Crippen LogP contribution in [0.5, 0.6) is 5.75 Å². The summed E-state index contributed by atoms with van der Waals surface area (Å²) in [5, 5.41) is 0.255. The zero-order chi connectivity index (χ0) is 13.4. The van der Waals surface area contributed by atoms with Crippen LogP contribution in [-0.4, -0.2) is 16.2 Å². The number of fused-ring (bicyclic) bond motifs is 1. The van der Waals surface area contributed by atoms with Gasteiger partial charge in [0.2, 0.25) is 0 Å². The monoisotopic (exact) mass is 388 g/mol. The number of para-hydroxylation sites is 1. The van der Waals surface area contributed by atoms with Crippen LogP contribution in [0.2, 0.25) is 5.15 Å². The molecule has 0 bridgehead atoms. The van der Waals surface area contributed by atoms with Gasteiger partial charge in [0.25, 0.3) is 5.56 Å². The molecule has 0 N–H and O–H groups in total. The standard InChI is InChI=1S/C13H10ClIN2O2/c14-12-11(15)13(18)17(7-16-12)5-8-6-19-10-4-2-1-3-9(8)10/h1-4,7-8H,5-6H2.